The fourth-order valence-electron chi connectivity index (χ4n) is 1.27. The summed E-state index contributed by atoms with van der Waals surface area (Å²) in [5, 5.41) is 8.21. The van der Waals surface area contributed by atoms with Crippen LogP contribution in [0.1, 0.15) is 11.1 Å². The van der Waals surface area contributed by atoms with Gasteiger partial charge in [0.15, 0.2) is 0 Å². The summed E-state index contributed by atoms with van der Waals surface area (Å²) in [6, 6.07) is 1.03. The first-order valence-corrected chi connectivity index (χ1v) is 4.87. The highest BCUT2D eigenvalue weighted by Gasteiger charge is 2.36. The molecule has 7 heteroatoms. The van der Waals surface area contributed by atoms with Gasteiger partial charge in [-0.05, 0) is 24.6 Å². The van der Waals surface area contributed by atoms with Crippen LogP contribution in [0.5, 0.6) is 0 Å². The third kappa shape index (κ3) is 3.43. The molecular formula is C11H10F4O3. The van der Waals surface area contributed by atoms with E-state index in [1.54, 1.807) is 0 Å². The van der Waals surface area contributed by atoms with Crippen molar-refractivity contribution in [3.63, 3.8) is 0 Å². The minimum Gasteiger partial charge on any atom is -0.480 e. The Kier molecular flexibility index (Phi) is 4.28. The smallest absolute Gasteiger partial charge is 0.329 e. The number of halogens is 4. The lowest BCUT2D eigenvalue weighted by Crippen LogP contribution is -2.25. The Balaban J connectivity index is 2.90. The first-order chi connectivity index (χ1) is 8.24. The molecule has 0 radical (unpaired) electrons. The van der Waals surface area contributed by atoms with Gasteiger partial charge in [0.1, 0.15) is 24.8 Å². The van der Waals surface area contributed by atoms with Gasteiger partial charge in [0.25, 0.3) is 5.92 Å². The maximum Gasteiger partial charge on any atom is 0.329 e. The number of hydrogen-bond donors (Lipinski definition) is 1. The van der Waals surface area contributed by atoms with Gasteiger partial charge in [0, 0.05) is 0 Å². The SMILES string of the molecule is Cc1cc(F)c(C(F)(F)COCC(=O)O)cc1F. The molecule has 0 atom stereocenters. The number of alkyl halides is 2. The molecule has 3 nitrogen and oxygen atoms in total. The Morgan fingerprint density at radius 3 is 2.50 bits per heavy atom. The predicted molar refractivity (Wildman–Crippen MR) is 53.4 cm³/mol. The summed E-state index contributed by atoms with van der Waals surface area (Å²) < 4.78 is 57.5. The number of carbonyl (C=O) groups is 1. The zero-order chi connectivity index (χ0) is 13.9. The number of carboxylic acid groups (broad SMARTS) is 1. The molecule has 0 aromatic heterocycles. The summed E-state index contributed by atoms with van der Waals surface area (Å²) in [6.07, 6.45) is 0. The Labute approximate surface area is 100.0 Å². The summed E-state index contributed by atoms with van der Waals surface area (Å²) in [4.78, 5) is 10.1. The van der Waals surface area contributed by atoms with Gasteiger partial charge in [-0.2, -0.15) is 8.78 Å². The number of benzene rings is 1. The van der Waals surface area contributed by atoms with Crippen molar-refractivity contribution in [2.75, 3.05) is 13.2 Å². The van der Waals surface area contributed by atoms with Gasteiger partial charge in [0.05, 0.1) is 5.56 Å². The standard InChI is InChI=1S/C11H10F4O3/c1-6-2-9(13)7(3-8(6)12)11(14,15)5-18-4-10(16)17/h2-3H,4-5H2,1H3,(H,16,17). The van der Waals surface area contributed by atoms with Crippen LogP contribution in [-0.4, -0.2) is 24.3 Å². The summed E-state index contributed by atoms with van der Waals surface area (Å²) in [7, 11) is 0. The Morgan fingerprint density at radius 2 is 1.94 bits per heavy atom. The van der Waals surface area contributed by atoms with Crippen molar-refractivity contribution in [3.8, 4) is 0 Å². The highest BCUT2D eigenvalue weighted by atomic mass is 19.3. The maximum absolute atomic E-state index is 13.5. The molecule has 0 unspecified atom stereocenters. The van der Waals surface area contributed by atoms with Crippen LogP contribution in [0.25, 0.3) is 0 Å². The van der Waals surface area contributed by atoms with Gasteiger partial charge in [-0.15, -0.1) is 0 Å². The second kappa shape index (κ2) is 5.34. The minimum absolute atomic E-state index is 0.0986. The molecule has 0 spiro atoms. The topological polar surface area (TPSA) is 46.5 Å². The summed E-state index contributed by atoms with van der Waals surface area (Å²) in [5.74, 6) is -7.46. The van der Waals surface area contributed by atoms with E-state index in [1.165, 1.54) is 6.92 Å². The zero-order valence-corrected chi connectivity index (χ0v) is 9.34. The monoisotopic (exact) mass is 266 g/mol. The van der Waals surface area contributed by atoms with Crippen LogP contribution in [0.15, 0.2) is 12.1 Å². The van der Waals surface area contributed by atoms with Crippen molar-refractivity contribution >= 4 is 5.97 Å². The number of aliphatic carboxylic acids is 1. The van der Waals surface area contributed by atoms with E-state index in [-0.39, 0.29) is 5.56 Å². The molecule has 1 aromatic rings. The minimum atomic E-state index is -3.80. The lowest BCUT2D eigenvalue weighted by molar-refractivity contribution is -0.147. The molecule has 0 bridgehead atoms. The normalized spacial score (nSPS) is 11.6. The molecule has 100 valence electrons. The van der Waals surface area contributed by atoms with Crippen LogP contribution < -0.4 is 0 Å². The molecule has 1 N–H and O–H groups in total. The number of aryl methyl sites for hydroxylation is 1. The van der Waals surface area contributed by atoms with Gasteiger partial charge in [-0.25, -0.2) is 13.6 Å². The van der Waals surface area contributed by atoms with Crippen molar-refractivity contribution in [2.45, 2.75) is 12.8 Å². The molecule has 0 aliphatic rings. The molecule has 0 saturated carbocycles. The van der Waals surface area contributed by atoms with E-state index >= 15 is 0 Å². The first kappa shape index (κ1) is 14.4. The molecule has 18 heavy (non-hydrogen) atoms. The van der Waals surface area contributed by atoms with E-state index in [2.05, 4.69) is 4.74 Å². The van der Waals surface area contributed by atoms with Gasteiger partial charge in [-0.3, -0.25) is 0 Å². The van der Waals surface area contributed by atoms with Gasteiger partial charge < -0.3 is 9.84 Å². The molecule has 0 amide bonds. The van der Waals surface area contributed by atoms with Crippen molar-refractivity contribution in [1.82, 2.24) is 0 Å². The average molecular weight is 266 g/mol. The highest BCUT2D eigenvalue weighted by molar-refractivity contribution is 5.68. The van der Waals surface area contributed by atoms with Crippen LogP contribution in [0, 0.1) is 18.6 Å². The van der Waals surface area contributed by atoms with E-state index in [1.807, 2.05) is 0 Å². The fourth-order valence-corrected chi connectivity index (χ4v) is 1.27. The van der Waals surface area contributed by atoms with Gasteiger partial charge >= 0.3 is 5.97 Å². The summed E-state index contributed by atoms with van der Waals surface area (Å²) in [5.41, 5.74) is -1.26. The van der Waals surface area contributed by atoms with Gasteiger partial charge in [-0.1, -0.05) is 0 Å². The van der Waals surface area contributed by atoms with Crippen molar-refractivity contribution in [2.24, 2.45) is 0 Å². The van der Waals surface area contributed by atoms with Crippen molar-refractivity contribution in [3.05, 3.63) is 34.9 Å². The fraction of sp³-hybridized carbons (Fsp3) is 0.364. The van der Waals surface area contributed by atoms with Crippen LogP contribution in [0.3, 0.4) is 0 Å². The van der Waals surface area contributed by atoms with E-state index in [0.29, 0.717) is 12.1 Å². The number of ether oxygens (including phenoxy) is 1. The molecule has 1 aromatic carbocycles. The quantitative estimate of drug-likeness (QED) is 0.833. The highest BCUT2D eigenvalue weighted by Crippen LogP contribution is 2.31. The van der Waals surface area contributed by atoms with E-state index in [9.17, 15) is 22.4 Å². The molecule has 0 heterocycles. The van der Waals surface area contributed by atoms with E-state index < -0.39 is 42.3 Å². The molecule has 0 aliphatic carbocycles. The molecule has 0 fully saturated rings. The molecule has 0 saturated heterocycles. The number of rotatable bonds is 5. The van der Waals surface area contributed by atoms with Gasteiger partial charge in [0.2, 0.25) is 0 Å². The van der Waals surface area contributed by atoms with Crippen LogP contribution in [0.4, 0.5) is 17.6 Å². The van der Waals surface area contributed by atoms with Crippen molar-refractivity contribution in [1.29, 1.82) is 0 Å². The zero-order valence-electron chi connectivity index (χ0n) is 9.34. The lowest BCUT2D eigenvalue weighted by atomic mass is 10.1. The van der Waals surface area contributed by atoms with E-state index in [0.717, 1.165) is 0 Å². The predicted octanol–water partition coefficient (Wildman–Crippen LogP) is 2.47. The van der Waals surface area contributed by atoms with Crippen molar-refractivity contribution < 1.29 is 32.2 Å². The lowest BCUT2D eigenvalue weighted by Gasteiger charge is -2.17. The third-order valence-electron chi connectivity index (χ3n) is 2.15. The number of carboxylic acids is 1. The Bertz CT molecular complexity index is 460. The summed E-state index contributed by atoms with van der Waals surface area (Å²) >= 11 is 0. The average Bonchev–Trinajstić information content (AvgIpc) is 2.22. The Morgan fingerprint density at radius 1 is 1.33 bits per heavy atom. The van der Waals surface area contributed by atoms with E-state index in [4.69, 9.17) is 5.11 Å². The molecule has 0 aliphatic heterocycles. The Hall–Kier alpha value is -1.63. The second-order valence-electron chi connectivity index (χ2n) is 3.67. The largest absolute Gasteiger partial charge is 0.480 e. The maximum atomic E-state index is 13.5. The molecule has 1 rings (SSSR count). The number of hydrogen-bond acceptors (Lipinski definition) is 2. The summed E-state index contributed by atoms with van der Waals surface area (Å²) in [6.45, 7) is -1.04. The second-order valence-corrected chi connectivity index (χ2v) is 3.67. The van der Waals surface area contributed by atoms with Crippen LogP contribution in [-0.2, 0) is 15.5 Å². The third-order valence-corrected chi connectivity index (χ3v) is 2.15. The van der Waals surface area contributed by atoms with Crippen LogP contribution in [0.2, 0.25) is 0 Å². The molecular weight excluding hydrogens is 256 g/mol. The first-order valence-electron chi connectivity index (χ1n) is 4.87. The van der Waals surface area contributed by atoms with Crippen LogP contribution >= 0.6 is 0 Å².